The van der Waals surface area contributed by atoms with Gasteiger partial charge in [-0.2, -0.15) is 0 Å². The molecule has 0 spiro atoms. The first-order valence-electron chi connectivity index (χ1n) is 20.9. The molecule has 0 rings (SSSR count). The minimum Gasteiger partial charge on any atom is -0.462 e. The Bertz CT molecular complexity index is 951. The van der Waals surface area contributed by atoms with Crippen LogP contribution in [0, 0.1) is 0 Å². The Balaban J connectivity index is 4.72. The maximum absolute atomic E-state index is 12.7. The summed E-state index contributed by atoms with van der Waals surface area (Å²) in [6.07, 6.45) is 28.0. The molecule has 0 aromatic rings. The molecule has 52 heavy (non-hydrogen) atoms. The van der Waals surface area contributed by atoms with Crippen molar-refractivity contribution in [1.82, 2.24) is 0 Å². The fourth-order valence-electron chi connectivity index (χ4n) is 5.68. The molecule has 0 aromatic heterocycles. The summed E-state index contributed by atoms with van der Waals surface area (Å²) in [7, 11) is 0. The number of hydrogen-bond donors (Lipinski definition) is 1. The number of unbranched alkanes of at least 4 members (excludes halogenated alkanes) is 20. The average molecular weight is 739 g/mol. The van der Waals surface area contributed by atoms with E-state index in [-0.39, 0.29) is 38.6 Å². The standard InChI is InChI=1S/C43H78O9/c1-7-9-11-13-15-17-19-21-23-25-27-29-39(45)49-35-37(52-41(47)30-28-26-24-22-20-18-16-14-12-10-8-2)36-50-40(46)32-31-38(44)43(5,6)51-34-33-42(3,4)48/h31-32,37,48H,7-30,33-36H2,1-6H3/b32-31+. The number of carbonyl (C=O) groups excluding carboxylic acids is 4. The van der Waals surface area contributed by atoms with E-state index in [0.717, 1.165) is 50.7 Å². The molecule has 0 aliphatic carbocycles. The van der Waals surface area contributed by atoms with Crippen molar-refractivity contribution in [2.75, 3.05) is 19.8 Å². The van der Waals surface area contributed by atoms with Gasteiger partial charge < -0.3 is 24.1 Å². The van der Waals surface area contributed by atoms with Crippen molar-refractivity contribution in [1.29, 1.82) is 0 Å². The lowest BCUT2D eigenvalue weighted by atomic mass is 10.0. The SMILES string of the molecule is CCCCCCCCCCCCCC(=O)OCC(COC(=O)/C=C/C(=O)C(C)(C)OCCC(C)(C)O)OC(=O)CCCCCCCCCCCCC. The molecule has 0 aliphatic rings. The third-order valence-electron chi connectivity index (χ3n) is 9.25. The Morgan fingerprint density at radius 3 is 1.40 bits per heavy atom. The molecule has 9 heteroatoms. The summed E-state index contributed by atoms with van der Waals surface area (Å²) < 4.78 is 21.9. The Kier molecular flexibility index (Phi) is 30.8. The first-order valence-corrected chi connectivity index (χ1v) is 20.9. The maximum Gasteiger partial charge on any atom is 0.331 e. The third kappa shape index (κ3) is 32.4. The van der Waals surface area contributed by atoms with E-state index in [2.05, 4.69) is 13.8 Å². The topological polar surface area (TPSA) is 125 Å². The summed E-state index contributed by atoms with van der Waals surface area (Å²) in [5, 5.41) is 9.88. The summed E-state index contributed by atoms with van der Waals surface area (Å²) in [4.78, 5) is 50.3. The van der Waals surface area contributed by atoms with E-state index in [4.69, 9.17) is 18.9 Å². The van der Waals surface area contributed by atoms with Gasteiger partial charge in [0, 0.05) is 18.9 Å². The summed E-state index contributed by atoms with van der Waals surface area (Å²) >= 11 is 0. The highest BCUT2D eigenvalue weighted by Gasteiger charge is 2.27. The van der Waals surface area contributed by atoms with Crippen LogP contribution in [0.2, 0.25) is 0 Å². The molecule has 1 unspecified atom stereocenters. The van der Waals surface area contributed by atoms with Gasteiger partial charge in [0.05, 0.1) is 12.2 Å². The molecule has 1 N–H and O–H groups in total. The Labute approximate surface area is 317 Å². The van der Waals surface area contributed by atoms with Crippen molar-refractivity contribution in [2.24, 2.45) is 0 Å². The Morgan fingerprint density at radius 1 is 0.558 bits per heavy atom. The van der Waals surface area contributed by atoms with Crippen LogP contribution in [-0.4, -0.2) is 65.9 Å². The molecule has 0 bridgehead atoms. The first kappa shape index (κ1) is 49.7. The number of carbonyl (C=O) groups is 4. The number of rotatable bonds is 36. The summed E-state index contributed by atoms with van der Waals surface area (Å²) in [6.45, 7) is 10.6. The lowest BCUT2D eigenvalue weighted by Gasteiger charge is -2.25. The molecule has 0 fully saturated rings. The van der Waals surface area contributed by atoms with E-state index in [1.165, 1.54) is 96.3 Å². The highest BCUT2D eigenvalue weighted by molar-refractivity contribution is 6.00. The molecule has 0 saturated heterocycles. The van der Waals surface area contributed by atoms with Crippen LogP contribution in [0.15, 0.2) is 12.2 Å². The van der Waals surface area contributed by atoms with Crippen LogP contribution in [0.3, 0.4) is 0 Å². The number of aliphatic hydroxyl groups is 1. The molecule has 304 valence electrons. The minimum atomic E-state index is -1.20. The Morgan fingerprint density at radius 2 is 0.962 bits per heavy atom. The van der Waals surface area contributed by atoms with Crippen molar-refractivity contribution in [2.45, 2.75) is 219 Å². The van der Waals surface area contributed by atoms with E-state index in [0.29, 0.717) is 12.8 Å². The van der Waals surface area contributed by atoms with Crippen LogP contribution in [0.1, 0.15) is 202 Å². The predicted molar refractivity (Wildman–Crippen MR) is 209 cm³/mol. The maximum atomic E-state index is 12.7. The quantitative estimate of drug-likeness (QED) is 0.0289. The molecule has 0 heterocycles. The van der Waals surface area contributed by atoms with Gasteiger partial charge >= 0.3 is 17.9 Å². The summed E-state index contributed by atoms with van der Waals surface area (Å²) in [5.41, 5.74) is -2.12. The van der Waals surface area contributed by atoms with Crippen LogP contribution in [0.4, 0.5) is 0 Å². The van der Waals surface area contributed by atoms with Crippen molar-refractivity contribution in [3.8, 4) is 0 Å². The predicted octanol–water partition coefficient (Wildman–Crippen LogP) is 10.5. The molecule has 9 nitrogen and oxygen atoms in total. The van der Waals surface area contributed by atoms with Gasteiger partial charge in [-0.3, -0.25) is 14.4 Å². The molecular formula is C43H78O9. The van der Waals surface area contributed by atoms with Crippen LogP contribution >= 0.6 is 0 Å². The Hall–Kier alpha value is -2.26. The number of ether oxygens (including phenoxy) is 4. The first-order chi connectivity index (χ1) is 24.8. The monoisotopic (exact) mass is 739 g/mol. The van der Waals surface area contributed by atoms with Gasteiger partial charge in [0.25, 0.3) is 0 Å². The summed E-state index contributed by atoms with van der Waals surface area (Å²) in [5.74, 6) is -2.02. The molecule has 0 saturated carbocycles. The van der Waals surface area contributed by atoms with Crippen LogP contribution in [0.5, 0.6) is 0 Å². The number of ketones is 1. The minimum absolute atomic E-state index is 0.171. The second-order valence-corrected chi connectivity index (χ2v) is 15.6. The molecule has 0 radical (unpaired) electrons. The number of hydrogen-bond acceptors (Lipinski definition) is 9. The van der Waals surface area contributed by atoms with E-state index in [1.807, 2.05) is 0 Å². The largest absolute Gasteiger partial charge is 0.462 e. The second-order valence-electron chi connectivity index (χ2n) is 15.6. The van der Waals surface area contributed by atoms with Gasteiger partial charge in [0.15, 0.2) is 11.9 Å². The van der Waals surface area contributed by atoms with Crippen molar-refractivity contribution in [3.63, 3.8) is 0 Å². The van der Waals surface area contributed by atoms with Gasteiger partial charge in [0.2, 0.25) is 0 Å². The van der Waals surface area contributed by atoms with E-state index in [9.17, 15) is 24.3 Å². The molecule has 0 amide bonds. The lowest BCUT2D eigenvalue weighted by molar-refractivity contribution is -0.165. The fraction of sp³-hybridized carbons (Fsp3) is 0.860. The van der Waals surface area contributed by atoms with Gasteiger partial charge in [-0.05, 0) is 53.0 Å². The number of esters is 3. The molecule has 0 aromatic carbocycles. The highest BCUT2D eigenvalue weighted by atomic mass is 16.6. The van der Waals surface area contributed by atoms with Gasteiger partial charge in [-0.25, -0.2) is 4.79 Å². The van der Waals surface area contributed by atoms with Crippen molar-refractivity contribution < 1.29 is 43.2 Å². The second kappa shape index (κ2) is 32.2. The molecular weight excluding hydrogens is 660 g/mol. The van der Waals surface area contributed by atoms with E-state index < -0.39 is 35.0 Å². The van der Waals surface area contributed by atoms with E-state index >= 15 is 0 Å². The van der Waals surface area contributed by atoms with Crippen LogP contribution < -0.4 is 0 Å². The smallest absolute Gasteiger partial charge is 0.331 e. The fourth-order valence-corrected chi connectivity index (χ4v) is 5.68. The zero-order valence-electron chi connectivity index (χ0n) is 34.2. The van der Waals surface area contributed by atoms with Gasteiger partial charge in [-0.15, -0.1) is 0 Å². The van der Waals surface area contributed by atoms with Crippen LogP contribution in [0.25, 0.3) is 0 Å². The van der Waals surface area contributed by atoms with Crippen LogP contribution in [-0.2, 0) is 38.1 Å². The summed E-state index contributed by atoms with van der Waals surface area (Å²) in [6, 6.07) is 0. The molecule has 1 atom stereocenters. The third-order valence-corrected chi connectivity index (χ3v) is 9.25. The average Bonchev–Trinajstić information content (AvgIpc) is 3.08. The lowest BCUT2D eigenvalue weighted by Crippen LogP contribution is -2.35. The normalized spacial score (nSPS) is 12.6. The molecule has 0 aliphatic heterocycles. The van der Waals surface area contributed by atoms with Crippen molar-refractivity contribution in [3.05, 3.63) is 12.2 Å². The van der Waals surface area contributed by atoms with Gasteiger partial charge in [0.1, 0.15) is 18.8 Å². The highest BCUT2D eigenvalue weighted by Crippen LogP contribution is 2.17. The zero-order valence-corrected chi connectivity index (χ0v) is 34.2. The van der Waals surface area contributed by atoms with Gasteiger partial charge in [-0.1, -0.05) is 142 Å². The van der Waals surface area contributed by atoms with Crippen molar-refractivity contribution >= 4 is 23.7 Å². The van der Waals surface area contributed by atoms with E-state index in [1.54, 1.807) is 27.7 Å². The zero-order chi connectivity index (χ0) is 38.9.